The number of likely N-dealkylation sites (N-methyl/N-ethyl adjacent to an activating group) is 1. The lowest BCUT2D eigenvalue weighted by Crippen LogP contribution is -2.49. The van der Waals surface area contributed by atoms with Gasteiger partial charge in [-0.1, -0.05) is 13.3 Å². The highest BCUT2D eigenvalue weighted by molar-refractivity contribution is 5.82. The van der Waals surface area contributed by atoms with Gasteiger partial charge in [-0.3, -0.25) is 4.90 Å². The summed E-state index contributed by atoms with van der Waals surface area (Å²) < 4.78 is 0. The van der Waals surface area contributed by atoms with E-state index in [2.05, 4.69) is 4.90 Å². The first-order chi connectivity index (χ1) is 10.0. The summed E-state index contributed by atoms with van der Waals surface area (Å²) in [5, 5.41) is 9.17. The third-order valence-corrected chi connectivity index (χ3v) is 4.78. The Kier molecular flexibility index (Phi) is 5.45. The predicted molar refractivity (Wildman–Crippen MR) is 80.3 cm³/mol. The highest BCUT2D eigenvalue weighted by atomic mass is 16.4. The van der Waals surface area contributed by atoms with Crippen LogP contribution in [0.2, 0.25) is 0 Å². The molecule has 2 amide bonds. The molecule has 0 radical (unpaired) electrons. The van der Waals surface area contributed by atoms with Gasteiger partial charge in [0.1, 0.15) is 6.04 Å². The second-order valence-electron chi connectivity index (χ2n) is 6.14. The van der Waals surface area contributed by atoms with Crippen LogP contribution < -0.4 is 0 Å². The second-order valence-corrected chi connectivity index (χ2v) is 6.14. The molecule has 2 saturated heterocycles. The Morgan fingerprint density at radius 3 is 2.48 bits per heavy atom. The SMILES string of the molecule is CCC(C(=O)O)N(C)C(=O)N1CCC(N2CCCCC2)C1. The second kappa shape index (κ2) is 7.11. The van der Waals surface area contributed by atoms with Gasteiger partial charge in [-0.25, -0.2) is 9.59 Å². The molecule has 0 spiro atoms. The van der Waals surface area contributed by atoms with Crippen LogP contribution in [0.15, 0.2) is 0 Å². The number of amides is 2. The molecule has 2 unspecified atom stereocenters. The Hall–Kier alpha value is -1.30. The molecule has 2 aliphatic rings. The molecule has 1 N–H and O–H groups in total. The van der Waals surface area contributed by atoms with Gasteiger partial charge in [-0.2, -0.15) is 0 Å². The molecular formula is C15H27N3O3. The van der Waals surface area contributed by atoms with Crippen LogP contribution in [0.4, 0.5) is 4.79 Å². The Morgan fingerprint density at radius 1 is 1.24 bits per heavy atom. The molecule has 2 heterocycles. The number of urea groups is 1. The van der Waals surface area contributed by atoms with E-state index in [1.54, 1.807) is 14.0 Å². The largest absolute Gasteiger partial charge is 0.480 e. The summed E-state index contributed by atoms with van der Waals surface area (Å²) in [5.41, 5.74) is 0. The minimum Gasteiger partial charge on any atom is -0.480 e. The number of nitrogens with zero attached hydrogens (tertiary/aromatic N) is 3. The molecule has 6 heteroatoms. The minimum atomic E-state index is -0.930. The predicted octanol–water partition coefficient (Wildman–Crippen LogP) is 1.46. The maximum absolute atomic E-state index is 12.4. The first kappa shape index (κ1) is 16.1. The molecule has 2 atom stereocenters. The molecule has 21 heavy (non-hydrogen) atoms. The van der Waals surface area contributed by atoms with E-state index in [1.807, 2.05) is 4.90 Å². The average Bonchev–Trinajstić information content (AvgIpc) is 2.97. The van der Waals surface area contributed by atoms with Crippen molar-refractivity contribution in [3.8, 4) is 0 Å². The average molecular weight is 297 g/mol. The highest BCUT2D eigenvalue weighted by Crippen LogP contribution is 2.21. The van der Waals surface area contributed by atoms with Crippen molar-refractivity contribution in [2.45, 2.75) is 51.1 Å². The van der Waals surface area contributed by atoms with Crippen molar-refractivity contribution in [1.82, 2.24) is 14.7 Å². The summed E-state index contributed by atoms with van der Waals surface area (Å²) >= 11 is 0. The molecule has 0 aromatic heterocycles. The van der Waals surface area contributed by atoms with Crippen molar-refractivity contribution in [1.29, 1.82) is 0 Å². The highest BCUT2D eigenvalue weighted by Gasteiger charge is 2.34. The number of hydrogen-bond acceptors (Lipinski definition) is 3. The van der Waals surface area contributed by atoms with Crippen molar-refractivity contribution in [3.05, 3.63) is 0 Å². The van der Waals surface area contributed by atoms with Crippen LogP contribution in [-0.2, 0) is 4.79 Å². The summed E-state index contributed by atoms with van der Waals surface area (Å²) in [6.45, 7) is 5.53. The van der Waals surface area contributed by atoms with Crippen molar-refractivity contribution >= 4 is 12.0 Å². The molecule has 2 rings (SSSR count). The fraction of sp³-hybridized carbons (Fsp3) is 0.867. The number of carbonyl (C=O) groups is 2. The van der Waals surface area contributed by atoms with E-state index in [-0.39, 0.29) is 6.03 Å². The molecule has 6 nitrogen and oxygen atoms in total. The van der Waals surface area contributed by atoms with Crippen LogP contribution in [0, 0.1) is 0 Å². The zero-order chi connectivity index (χ0) is 15.4. The van der Waals surface area contributed by atoms with E-state index in [0.717, 1.165) is 32.6 Å². The molecule has 0 aromatic rings. The fourth-order valence-electron chi connectivity index (χ4n) is 3.47. The zero-order valence-corrected chi connectivity index (χ0v) is 13.1. The normalized spacial score (nSPS) is 24.9. The molecule has 0 aliphatic carbocycles. The van der Waals surface area contributed by atoms with Crippen LogP contribution >= 0.6 is 0 Å². The van der Waals surface area contributed by atoms with Crippen molar-refractivity contribution in [2.75, 3.05) is 33.2 Å². The van der Waals surface area contributed by atoms with Gasteiger partial charge in [0.25, 0.3) is 0 Å². The van der Waals surface area contributed by atoms with Crippen LogP contribution in [0.5, 0.6) is 0 Å². The molecule has 2 aliphatic heterocycles. The summed E-state index contributed by atoms with van der Waals surface area (Å²) in [5.74, 6) is -0.930. The van der Waals surface area contributed by atoms with Gasteiger partial charge >= 0.3 is 12.0 Å². The summed E-state index contributed by atoms with van der Waals surface area (Å²) in [6, 6.07) is -0.428. The number of hydrogen-bond donors (Lipinski definition) is 1. The van der Waals surface area contributed by atoms with E-state index < -0.39 is 12.0 Å². The Balaban J connectivity index is 1.90. The number of likely N-dealkylation sites (tertiary alicyclic amines) is 2. The topological polar surface area (TPSA) is 64.1 Å². The van der Waals surface area contributed by atoms with Crippen LogP contribution in [0.3, 0.4) is 0 Å². The molecule has 2 fully saturated rings. The van der Waals surface area contributed by atoms with E-state index >= 15 is 0 Å². The van der Waals surface area contributed by atoms with Gasteiger partial charge in [0, 0.05) is 26.2 Å². The molecule has 0 aromatic carbocycles. The van der Waals surface area contributed by atoms with E-state index in [9.17, 15) is 14.7 Å². The first-order valence-corrected chi connectivity index (χ1v) is 8.03. The van der Waals surface area contributed by atoms with Gasteiger partial charge in [-0.05, 0) is 38.8 Å². The summed E-state index contributed by atoms with van der Waals surface area (Å²) in [4.78, 5) is 29.3. The summed E-state index contributed by atoms with van der Waals surface area (Å²) in [7, 11) is 1.60. The van der Waals surface area contributed by atoms with Crippen LogP contribution in [0.25, 0.3) is 0 Å². The quantitative estimate of drug-likeness (QED) is 0.853. The lowest BCUT2D eigenvalue weighted by Gasteiger charge is -2.33. The number of carboxylic acid groups (broad SMARTS) is 1. The maximum Gasteiger partial charge on any atom is 0.326 e. The zero-order valence-electron chi connectivity index (χ0n) is 13.1. The maximum atomic E-state index is 12.4. The van der Waals surface area contributed by atoms with Gasteiger partial charge in [0.05, 0.1) is 0 Å². The third kappa shape index (κ3) is 3.67. The molecule has 0 bridgehead atoms. The monoisotopic (exact) mass is 297 g/mol. The molecular weight excluding hydrogens is 270 g/mol. The molecule has 0 saturated carbocycles. The van der Waals surface area contributed by atoms with E-state index in [4.69, 9.17) is 0 Å². The Labute approximate surface area is 126 Å². The van der Waals surface area contributed by atoms with E-state index in [0.29, 0.717) is 12.5 Å². The van der Waals surface area contributed by atoms with Crippen molar-refractivity contribution in [3.63, 3.8) is 0 Å². The van der Waals surface area contributed by atoms with E-state index in [1.165, 1.54) is 24.2 Å². The molecule has 120 valence electrons. The number of carboxylic acids is 1. The summed E-state index contributed by atoms with van der Waals surface area (Å²) in [6.07, 6.45) is 5.25. The standard InChI is InChI=1S/C15H27N3O3/c1-3-13(14(19)20)16(2)15(21)18-10-7-12(11-18)17-8-5-4-6-9-17/h12-13H,3-11H2,1-2H3,(H,19,20). The first-order valence-electron chi connectivity index (χ1n) is 8.03. The smallest absolute Gasteiger partial charge is 0.326 e. The Bertz CT molecular complexity index is 382. The number of aliphatic carboxylic acids is 1. The lowest BCUT2D eigenvalue weighted by atomic mass is 10.1. The third-order valence-electron chi connectivity index (χ3n) is 4.78. The van der Waals surface area contributed by atoms with Crippen LogP contribution in [0.1, 0.15) is 39.0 Å². The van der Waals surface area contributed by atoms with Crippen molar-refractivity contribution < 1.29 is 14.7 Å². The lowest BCUT2D eigenvalue weighted by molar-refractivity contribution is -0.142. The van der Waals surface area contributed by atoms with Gasteiger partial charge in [0.2, 0.25) is 0 Å². The minimum absolute atomic E-state index is 0.149. The number of carbonyl (C=O) groups excluding carboxylic acids is 1. The van der Waals surface area contributed by atoms with Gasteiger partial charge in [0.15, 0.2) is 0 Å². The van der Waals surface area contributed by atoms with Gasteiger partial charge in [-0.15, -0.1) is 0 Å². The fourth-order valence-corrected chi connectivity index (χ4v) is 3.47. The number of rotatable bonds is 4. The number of piperidine rings is 1. The van der Waals surface area contributed by atoms with Crippen LogP contribution in [-0.4, -0.2) is 77.1 Å². The Morgan fingerprint density at radius 2 is 1.90 bits per heavy atom. The van der Waals surface area contributed by atoms with Gasteiger partial charge < -0.3 is 14.9 Å². The van der Waals surface area contributed by atoms with Crippen molar-refractivity contribution in [2.24, 2.45) is 0 Å².